The Morgan fingerprint density at radius 1 is 1.13 bits per heavy atom. The maximum Gasteiger partial charge on any atom is 0.325 e. The fourth-order valence-electron chi connectivity index (χ4n) is 2.32. The third-order valence-corrected chi connectivity index (χ3v) is 4.90. The number of hydrogen-bond acceptors (Lipinski definition) is 5. The molecule has 1 aromatic carbocycles. The molecule has 0 atom stereocenters. The molecule has 0 bridgehead atoms. The molecule has 1 aliphatic heterocycles. The van der Waals surface area contributed by atoms with Gasteiger partial charge >= 0.3 is 6.03 Å². The standard InChI is InChI=1S/C14H15Cl2N5OS/c15-9-4-5-10(16)11(8-9)17-12(22)18-13-19-20-14(23-13)21-6-2-1-3-7-21/h4-5,8H,1-3,6-7H2,(H2,17,18,19,22). The molecule has 0 unspecified atom stereocenters. The molecule has 23 heavy (non-hydrogen) atoms. The van der Waals surface area contributed by atoms with E-state index in [1.165, 1.54) is 17.8 Å². The van der Waals surface area contributed by atoms with Crippen LogP contribution in [0.4, 0.5) is 20.7 Å². The molecule has 1 aliphatic rings. The molecule has 122 valence electrons. The van der Waals surface area contributed by atoms with E-state index in [0.717, 1.165) is 31.1 Å². The molecule has 1 fully saturated rings. The van der Waals surface area contributed by atoms with Crippen molar-refractivity contribution in [2.45, 2.75) is 19.3 Å². The van der Waals surface area contributed by atoms with E-state index in [1.807, 2.05) is 0 Å². The molecule has 2 aromatic rings. The minimum Gasteiger partial charge on any atom is -0.347 e. The summed E-state index contributed by atoms with van der Waals surface area (Å²) in [6.45, 7) is 1.97. The van der Waals surface area contributed by atoms with E-state index in [2.05, 4.69) is 25.7 Å². The highest BCUT2D eigenvalue weighted by Crippen LogP contribution is 2.28. The van der Waals surface area contributed by atoms with Gasteiger partial charge in [0.15, 0.2) is 0 Å². The maximum atomic E-state index is 12.0. The number of rotatable bonds is 3. The third kappa shape index (κ3) is 4.25. The molecule has 0 saturated carbocycles. The van der Waals surface area contributed by atoms with Crippen molar-refractivity contribution < 1.29 is 4.79 Å². The van der Waals surface area contributed by atoms with Crippen molar-refractivity contribution in [1.82, 2.24) is 10.2 Å². The molecule has 1 aromatic heterocycles. The number of piperidine rings is 1. The Morgan fingerprint density at radius 2 is 1.91 bits per heavy atom. The van der Waals surface area contributed by atoms with Gasteiger partial charge in [-0.15, -0.1) is 10.2 Å². The van der Waals surface area contributed by atoms with Crippen LogP contribution in [-0.2, 0) is 0 Å². The molecule has 2 amide bonds. The lowest BCUT2D eigenvalue weighted by atomic mass is 10.1. The summed E-state index contributed by atoms with van der Waals surface area (Å²) >= 11 is 13.3. The summed E-state index contributed by atoms with van der Waals surface area (Å²) in [6.07, 6.45) is 3.58. The Morgan fingerprint density at radius 3 is 2.70 bits per heavy atom. The van der Waals surface area contributed by atoms with Crippen molar-refractivity contribution in [3.8, 4) is 0 Å². The second-order valence-corrected chi connectivity index (χ2v) is 6.94. The largest absolute Gasteiger partial charge is 0.347 e. The van der Waals surface area contributed by atoms with Crippen LogP contribution in [-0.4, -0.2) is 29.3 Å². The summed E-state index contributed by atoms with van der Waals surface area (Å²) in [7, 11) is 0. The molecular formula is C14H15Cl2N5OS. The molecule has 3 rings (SSSR count). The highest BCUT2D eigenvalue weighted by atomic mass is 35.5. The fourth-order valence-corrected chi connectivity index (χ4v) is 3.45. The van der Waals surface area contributed by atoms with Gasteiger partial charge in [0.25, 0.3) is 0 Å². The average molecular weight is 372 g/mol. The summed E-state index contributed by atoms with van der Waals surface area (Å²) in [5.41, 5.74) is 0.442. The van der Waals surface area contributed by atoms with Gasteiger partial charge in [0, 0.05) is 18.1 Å². The fraction of sp³-hybridized carbons (Fsp3) is 0.357. The SMILES string of the molecule is O=C(Nc1nnc(N2CCCCC2)s1)Nc1cc(Cl)ccc1Cl. The smallest absolute Gasteiger partial charge is 0.325 e. The first-order valence-corrected chi connectivity index (χ1v) is 8.80. The van der Waals surface area contributed by atoms with E-state index in [4.69, 9.17) is 23.2 Å². The third-order valence-electron chi connectivity index (χ3n) is 3.44. The Labute approximate surface area is 147 Å². The van der Waals surface area contributed by atoms with Crippen LogP contribution < -0.4 is 15.5 Å². The number of halogens is 2. The van der Waals surface area contributed by atoms with Crippen molar-refractivity contribution in [2.24, 2.45) is 0 Å². The lowest BCUT2D eigenvalue weighted by molar-refractivity contribution is 0.262. The highest BCUT2D eigenvalue weighted by Gasteiger charge is 2.16. The van der Waals surface area contributed by atoms with Crippen LogP contribution in [0, 0.1) is 0 Å². The zero-order valence-electron chi connectivity index (χ0n) is 12.2. The first-order valence-electron chi connectivity index (χ1n) is 7.23. The maximum absolute atomic E-state index is 12.0. The highest BCUT2D eigenvalue weighted by molar-refractivity contribution is 7.19. The summed E-state index contributed by atoms with van der Waals surface area (Å²) in [4.78, 5) is 14.2. The monoisotopic (exact) mass is 371 g/mol. The molecule has 2 N–H and O–H groups in total. The van der Waals surface area contributed by atoms with E-state index in [-0.39, 0.29) is 0 Å². The average Bonchev–Trinajstić information content (AvgIpc) is 3.00. The van der Waals surface area contributed by atoms with Crippen molar-refractivity contribution in [2.75, 3.05) is 28.6 Å². The Hall–Kier alpha value is -1.57. The van der Waals surface area contributed by atoms with E-state index < -0.39 is 6.03 Å². The lowest BCUT2D eigenvalue weighted by Crippen LogP contribution is -2.29. The Bertz CT molecular complexity index is 702. The first kappa shape index (κ1) is 16.3. The van der Waals surface area contributed by atoms with Crippen LogP contribution in [0.5, 0.6) is 0 Å². The van der Waals surface area contributed by atoms with Crippen molar-refractivity contribution in [1.29, 1.82) is 0 Å². The Kier molecular flexibility index (Phi) is 5.20. The number of hydrogen-bond donors (Lipinski definition) is 2. The normalized spacial score (nSPS) is 14.6. The first-order chi connectivity index (χ1) is 11.1. The molecule has 0 spiro atoms. The number of carbonyl (C=O) groups excluding carboxylic acids is 1. The molecule has 0 radical (unpaired) electrons. The molecular weight excluding hydrogens is 357 g/mol. The van der Waals surface area contributed by atoms with Gasteiger partial charge < -0.3 is 10.2 Å². The molecule has 1 saturated heterocycles. The van der Waals surface area contributed by atoms with Gasteiger partial charge in [-0.3, -0.25) is 5.32 Å². The van der Waals surface area contributed by atoms with E-state index >= 15 is 0 Å². The van der Waals surface area contributed by atoms with Crippen molar-refractivity contribution in [3.05, 3.63) is 28.2 Å². The summed E-state index contributed by atoms with van der Waals surface area (Å²) < 4.78 is 0. The lowest BCUT2D eigenvalue weighted by Gasteiger charge is -2.25. The van der Waals surface area contributed by atoms with Gasteiger partial charge in [0.2, 0.25) is 10.3 Å². The zero-order valence-corrected chi connectivity index (χ0v) is 14.5. The summed E-state index contributed by atoms with van der Waals surface area (Å²) in [6, 6.07) is 4.43. The number of anilines is 3. The number of amides is 2. The van der Waals surface area contributed by atoms with E-state index in [0.29, 0.717) is 20.9 Å². The second kappa shape index (κ2) is 7.33. The van der Waals surface area contributed by atoms with Crippen LogP contribution in [0.15, 0.2) is 18.2 Å². The zero-order chi connectivity index (χ0) is 16.2. The van der Waals surface area contributed by atoms with Gasteiger partial charge in [0.1, 0.15) is 0 Å². The number of urea groups is 1. The minimum atomic E-state index is -0.435. The number of carbonyl (C=O) groups is 1. The molecule has 0 aliphatic carbocycles. The topological polar surface area (TPSA) is 70.2 Å². The Balaban J connectivity index is 1.61. The van der Waals surface area contributed by atoms with E-state index in [9.17, 15) is 4.79 Å². The van der Waals surface area contributed by atoms with E-state index in [1.54, 1.807) is 18.2 Å². The molecule has 6 nitrogen and oxygen atoms in total. The second-order valence-electron chi connectivity index (χ2n) is 5.14. The predicted octanol–water partition coefficient (Wildman–Crippen LogP) is 4.48. The number of nitrogens with zero attached hydrogens (tertiary/aromatic N) is 3. The number of nitrogens with one attached hydrogen (secondary N) is 2. The van der Waals surface area contributed by atoms with Gasteiger partial charge in [0.05, 0.1) is 10.7 Å². The van der Waals surface area contributed by atoms with Crippen LogP contribution in [0.25, 0.3) is 0 Å². The number of benzene rings is 1. The van der Waals surface area contributed by atoms with Crippen LogP contribution >= 0.6 is 34.5 Å². The van der Waals surface area contributed by atoms with Gasteiger partial charge in [-0.25, -0.2) is 4.79 Å². The summed E-state index contributed by atoms with van der Waals surface area (Å²) in [5.74, 6) is 0. The summed E-state index contributed by atoms with van der Waals surface area (Å²) in [5, 5.41) is 15.6. The van der Waals surface area contributed by atoms with Crippen molar-refractivity contribution >= 4 is 56.5 Å². The quantitative estimate of drug-likeness (QED) is 0.834. The van der Waals surface area contributed by atoms with Crippen LogP contribution in [0.3, 0.4) is 0 Å². The minimum absolute atomic E-state index is 0.413. The van der Waals surface area contributed by atoms with Gasteiger partial charge in [-0.05, 0) is 37.5 Å². The van der Waals surface area contributed by atoms with Crippen LogP contribution in [0.1, 0.15) is 19.3 Å². The number of aromatic nitrogens is 2. The van der Waals surface area contributed by atoms with Gasteiger partial charge in [-0.1, -0.05) is 34.5 Å². The predicted molar refractivity (Wildman–Crippen MR) is 95.1 cm³/mol. The van der Waals surface area contributed by atoms with Gasteiger partial charge in [-0.2, -0.15) is 0 Å². The molecule has 9 heteroatoms. The molecule has 2 heterocycles. The van der Waals surface area contributed by atoms with Crippen molar-refractivity contribution in [3.63, 3.8) is 0 Å². The van der Waals surface area contributed by atoms with Crippen LogP contribution in [0.2, 0.25) is 10.0 Å².